The molecular weight excluding hydrogens is 212 g/mol. The van der Waals surface area contributed by atoms with Crippen molar-refractivity contribution in [2.24, 2.45) is 0 Å². The van der Waals surface area contributed by atoms with Gasteiger partial charge in [-0.05, 0) is 6.92 Å². The van der Waals surface area contributed by atoms with Gasteiger partial charge in [-0.15, -0.1) is 5.10 Å². The predicted molar refractivity (Wildman–Crippen MR) is 69.4 cm³/mol. The van der Waals surface area contributed by atoms with E-state index in [1.165, 1.54) is 10.8 Å². The Morgan fingerprint density at radius 2 is 1.76 bits per heavy atom. The van der Waals surface area contributed by atoms with Gasteiger partial charge < -0.3 is 10.2 Å². The topological polar surface area (TPSA) is 41.1 Å². The highest BCUT2D eigenvalue weighted by atomic mass is 15.3. The molecule has 2 aromatic rings. The van der Waals surface area contributed by atoms with Gasteiger partial charge in [0.15, 0.2) is 5.82 Å². The van der Waals surface area contributed by atoms with Crippen molar-refractivity contribution in [3.05, 3.63) is 30.0 Å². The summed E-state index contributed by atoms with van der Waals surface area (Å²) < 4.78 is 0. The van der Waals surface area contributed by atoms with Crippen LogP contribution in [0.3, 0.4) is 0 Å². The van der Waals surface area contributed by atoms with Crippen LogP contribution in [0.1, 0.15) is 5.69 Å². The van der Waals surface area contributed by atoms with Crippen LogP contribution in [0, 0.1) is 6.92 Å². The standard InChI is InChI=1S/C13H16N4/c1-10-11-4-2-3-5-12(11)13(16-15-10)17-8-6-14-7-9-17/h2-5,14H,6-9H2,1H3. The maximum absolute atomic E-state index is 4.38. The molecule has 4 heteroatoms. The van der Waals surface area contributed by atoms with E-state index >= 15 is 0 Å². The highest BCUT2D eigenvalue weighted by Gasteiger charge is 2.15. The first-order valence-corrected chi connectivity index (χ1v) is 6.04. The van der Waals surface area contributed by atoms with Crippen LogP contribution in [-0.2, 0) is 0 Å². The summed E-state index contributed by atoms with van der Waals surface area (Å²) in [5, 5.41) is 14.4. The number of aryl methyl sites for hydroxylation is 1. The van der Waals surface area contributed by atoms with E-state index in [4.69, 9.17) is 0 Å². The summed E-state index contributed by atoms with van der Waals surface area (Å²) in [5.41, 5.74) is 1.000. The second-order valence-electron chi connectivity index (χ2n) is 4.39. The molecule has 1 aliphatic heterocycles. The van der Waals surface area contributed by atoms with Crippen molar-refractivity contribution in [1.82, 2.24) is 15.5 Å². The van der Waals surface area contributed by atoms with Gasteiger partial charge in [-0.1, -0.05) is 24.3 Å². The van der Waals surface area contributed by atoms with Gasteiger partial charge in [0.2, 0.25) is 0 Å². The van der Waals surface area contributed by atoms with E-state index in [0.29, 0.717) is 0 Å². The fourth-order valence-electron chi connectivity index (χ4n) is 2.33. The van der Waals surface area contributed by atoms with E-state index < -0.39 is 0 Å². The van der Waals surface area contributed by atoms with E-state index in [0.717, 1.165) is 37.7 Å². The molecular formula is C13H16N4. The Hall–Kier alpha value is -1.68. The molecule has 4 nitrogen and oxygen atoms in total. The number of nitrogens with zero attached hydrogens (tertiary/aromatic N) is 3. The van der Waals surface area contributed by atoms with Gasteiger partial charge >= 0.3 is 0 Å². The van der Waals surface area contributed by atoms with Gasteiger partial charge in [-0.25, -0.2) is 0 Å². The fraction of sp³-hybridized carbons (Fsp3) is 0.385. The van der Waals surface area contributed by atoms with Gasteiger partial charge in [-0.2, -0.15) is 5.10 Å². The Morgan fingerprint density at radius 1 is 1.06 bits per heavy atom. The summed E-state index contributed by atoms with van der Waals surface area (Å²) in [6, 6.07) is 8.37. The smallest absolute Gasteiger partial charge is 0.159 e. The van der Waals surface area contributed by atoms with Crippen molar-refractivity contribution < 1.29 is 0 Å². The van der Waals surface area contributed by atoms with Gasteiger partial charge in [0, 0.05) is 37.0 Å². The summed E-state index contributed by atoms with van der Waals surface area (Å²) in [6.07, 6.45) is 0. The maximum Gasteiger partial charge on any atom is 0.159 e. The van der Waals surface area contributed by atoms with E-state index in [9.17, 15) is 0 Å². The second-order valence-corrected chi connectivity index (χ2v) is 4.39. The lowest BCUT2D eigenvalue weighted by Gasteiger charge is -2.28. The largest absolute Gasteiger partial charge is 0.352 e. The second kappa shape index (κ2) is 4.30. The first kappa shape index (κ1) is 10.5. The average Bonchev–Trinajstić information content (AvgIpc) is 2.41. The Morgan fingerprint density at radius 3 is 2.53 bits per heavy atom. The lowest BCUT2D eigenvalue weighted by molar-refractivity contribution is 0.584. The van der Waals surface area contributed by atoms with E-state index in [2.05, 4.69) is 44.7 Å². The molecule has 1 aromatic carbocycles. The van der Waals surface area contributed by atoms with E-state index in [1.807, 2.05) is 6.92 Å². The molecule has 1 N–H and O–H groups in total. The molecule has 1 saturated heterocycles. The SMILES string of the molecule is Cc1nnc(N2CCNCC2)c2ccccc12. The number of aromatic nitrogens is 2. The lowest BCUT2D eigenvalue weighted by atomic mass is 10.1. The monoisotopic (exact) mass is 228 g/mol. The zero-order valence-corrected chi connectivity index (χ0v) is 9.98. The fourth-order valence-corrected chi connectivity index (χ4v) is 2.33. The van der Waals surface area contributed by atoms with Crippen LogP contribution in [0.2, 0.25) is 0 Å². The molecule has 0 bridgehead atoms. The Bertz CT molecular complexity index is 532. The molecule has 17 heavy (non-hydrogen) atoms. The Balaban J connectivity index is 2.12. The van der Waals surface area contributed by atoms with Gasteiger partial charge in [0.1, 0.15) is 0 Å². The van der Waals surface area contributed by atoms with Gasteiger partial charge in [0.05, 0.1) is 5.69 Å². The van der Waals surface area contributed by atoms with E-state index in [1.54, 1.807) is 0 Å². The molecule has 0 spiro atoms. The minimum absolute atomic E-state index is 1.000. The first-order valence-electron chi connectivity index (χ1n) is 6.04. The number of anilines is 1. The molecule has 0 atom stereocenters. The van der Waals surface area contributed by atoms with Crippen molar-refractivity contribution >= 4 is 16.6 Å². The summed E-state index contributed by atoms with van der Waals surface area (Å²) in [6.45, 7) is 6.05. The third kappa shape index (κ3) is 1.85. The number of hydrogen-bond donors (Lipinski definition) is 1. The van der Waals surface area contributed by atoms with Crippen molar-refractivity contribution in [3.8, 4) is 0 Å². The molecule has 88 valence electrons. The predicted octanol–water partition coefficient (Wildman–Crippen LogP) is 1.35. The van der Waals surface area contributed by atoms with Gasteiger partial charge in [-0.3, -0.25) is 0 Å². The molecule has 0 saturated carbocycles. The van der Waals surface area contributed by atoms with Crippen molar-refractivity contribution in [3.63, 3.8) is 0 Å². The molecule has 3 rings (SSSR count). The summed E-state index contributed by atoms with van der Waals surface area (Å²) >= 11 is 0. The molecule has 1 aliphatic rings. The van der Waals surface area contributed by atoms with Crippen LogP contribution in [0.15, 0.2) is 24.3 Å². The zero-order valence-electron chi connectivity index (χ0n) is 9.98. The summed E-state index contributed by atoms with van der Waals surface area (Å²) in [7, 11) is 0. The van der Waals surface area contributed by atoms with Crippen LogP contribution < -0.4 is 10.2 Å². The summed E-state index contributed by atoms with van der Waals surface area (Å²) in [4.78, 5) is 2.31. The number of fused-ring (bicyclic) bond motifs is 1. The van der Waals surface area contributed by atoms with Crippen molar-refractivity contribution in [2.75, 3.05) is 31.1 Å². The number of rotatable bonds is 1. The Kier molecular flexibility index (Phi) is 2.65. The molecule has 1 fully saturated rings. The minimum atomic E-state index is 1.000. The highest BCUT2D eigenvalue weighted by Crippen LogP contribution is 2.25. The highest BCUT2D eigenvalue weighted by molar-refractivity contribution is 5.93. The third-order valence-corrected chi connectivity index (χ3v) is 3.27. The molecule has 1 aromatic heterocycles. The first-order chi connectivity index (χ1) is 8.36. The molecule has 0 radical (unpaired) electrons. The average molecular weight is 228 g/mol. The maximum atomic E-state index is 4.38. The zero-order chi connectivity index (χ0) is 11.7. The van der Waals surface area contributed by atoms with Crippen molar-refractivity contribution in [2.45, 2.75) is 6.92 Å². The van der Waals surface area contributed by atoms with Crippen LogP contribution in [0.5, 0.6) is 0 Å². The minimum Gasteiger partial charge on any atom is -0.352 e. The molecule has 0 unspecified atom stereocenters. The number of hydrogen-bond acceptors (Lipinski definition) is 4. The Labute approximate surface area is 101 Å². The normalized spacial score (nSPS) is 16.4. The van der Waals surface area contributed by atoms with Gasteiger partial charge in [0.25, 0.3) is 0 Å². The third-order valence-electron chi connectivity index (χ3n) is 3.27. The molecule has 0 aliphatic carbocycles. The van der Waals surface area contributed by atoms with Crippen LogP contribution in [0.4, 0.5) is 5.82 Å². The number of benzene rings is 1. The number of nitrogens with one attached hydrogen (secondary N) is 1. The summed E-state index contributed by atoms with van der Waals surface area (Å²) in [5.74, 6) is 1.02. The van der Waals surface area contributed by atoms with Crippen molar-refractivity contribution in [1.29, 1.82) is 0 Å². The number of piperazine rings is 1. The van der Waals surface area contributed by atoms with E-state index in [-0.39, 0.29) is 0 Å². The van der Waals surface area contributed by atoms with Crippen LogP contribution in [0.25, 0.3) is 10.8 Å². The lowest BCUT2D eigenvalue weighted by Crippen LogP contribution is -2.44. The molecule has 2 heterocycles. The molecule has 0 amide bonds. The van der Waals surface area contributed by atoms with Crippen LogP contribution in [-0.4, -0.2) is 36.4 Å². The quantitative estimate of drug-likeness (QED) is 0.800. The van der Waals surface area contributed by atoms with Crippen LogP contribution >= 0.6 is 0 Å².